The molecule has 0 unspecified atom stereocenters. The second-order valence-corrected chi connectivity index (χ2v) is 8.00. The van der Waals surface area contributed by atoms with Gasteiger partial charge in [0.2, 0.25) is 5.91 Å². The highest BCUT2D eigenvalue weighted by Gasteiger charge is 2.28. The van der Waals surface area contributed by atoms with Crippen LogP contribution in [0.2, 0.25) is 5.02 Å². The van der Waals surface area contributed by atoms with Crippen LogP contribution < -0.4 is 16.0 Å². The largest absolute Gasteiger partial charge is 0.350 e. The van der Waals surface area contributed by atoms with E-state index in [1.165, 1.54) is 0 Å². The Bertz CT molecular complexity index is 676. The van der Waals surface area contributed by atoms with Crippen molar-refractivity contribution in [1.82, 2.24) is 16.0 Å². The van der Waals surface area contributed by atoms with Crippen LogP contribution >= 0.6 is 11.6 Å². The average molecular weight is 360 g/mol. The molecule has 3 N–H and O–H groups in total. The fourth-order valence-electron chi connectivity index (χ4n) is 2.17. The summed E-state index contributed by atoms with van der Waals surface area (Å²) in [6.07, 6.45) is 0.401. The number of carbonyl (C=O) groups excluding carboxylic acids is 2. The molecule has 0 saturated carbocycles. The maximum Gasteiger partial charge on any atom is 0.315 e. The van der Waals surface area contributed by atoms with E-state index >= 15 is 0 Å². The van der Waals surface area contributed by atoms with Gasteiger partial charge in [-0.25, -0.2) is 13.2 Å². The minimum Gasteiger partial charge on any atom is -0.350 e. The minimum absolute atomic E-state index is 0.0524. The molecule has 0 bridgehead atoms. The third-order valence-corrected chi connectivity index (χ3v) is 5.40. The number of nitrogens with one attached hydrogen (secondary N) is 3. The van der Waals surface area contributed by atoms with E-state index in [9.17, 15) is 18.0 Å². The van der Waals surface area contributed by atoms with E-state index in [0.717, 1.165) is 5.56 Å². The Labute approximate surface area is 139 Å². The van der Waals surface area contributed by atoms with Crippen molar-refractivity contribution >= 4 is 33.4 Å². The van der Waals surface area contributed by atoms with E-state index in [1.807, 2.05) is 0 Å². The Morgan fingerprint density at radius 3 is 2.48 bits per heavy atom. The van der Waals surface area contributed by atoms with Crippen LogP contribution in [0, 0.1) is 0 Å². The maximum atomic E-state index is 11.7. The van der Waals surface area contributed by atoms with Gasteiger partial charge in [-0.1, -0.05) is 23.7 Å². The highest BCUT2D eigenvalue weighted by Crippen LogP contribution is 2.11. The van der Waals surface area contributed by atoms with E-state index in [2.05, 4.69) is 16.0 Å². The van der Waals surface area contributed by atoms with Crippen molar-refractivity contribution in [2.75, 3.05) is 18.1 Å². The molecule has 0 aliphatic carbocycles. The second-order valence-electron chi connectivity index (χ2n) is 5.33. The number of amides is 3. The first-order valence-corrected chi connectivity index (χ1v) is 9.30. The minimum atomic E-state index is -3.05. The standard InChI is InChI=1S/C14H18ClN3O4S/c15-11-3-1-10(2-4-11)7-16-13(19)8-17-14(20)18-12-5-6-23(21,22)9-12/h1-4,12H,5-9H2,(H,16,19)(H2,17,18,20)/t12-/m1/s1. The molecular formula is C14H18ClN3O4S. The molecule has 1 aromatic rings. The molecule has 1 atom stereocenters. The van der Waals surface area contributed by atoms with Gasteiger partial charge in [0.05, 0.1) is 18.1 Å². The van der Waals surface area contributed by atoms with Gasteiger partial charge in [0.15, 0.2) is 9.84 Å². The van der Waals surface area contributed by atoms with Crippen LogP contribution in [0.5, 0.6) is 0 Å². The van der Waals surface area contributed by atoms with Crippen LogP contribution in [0.4, 0.5) is 4.79 Å². The average Bonchev–Trinajstić information content (AvgIpc) is 2.83. The Balaban J connectivity index is 1.66. The van der Waals surface area contributed by atoms with Crippen molar-refractivity contribution in [3.63, 3.8) is 0 Å². The van der Waals surface area contributed by atoms with Crippen LogP contribution in [0.3, 0.4) is 0 Å². The van der Waals surface area contributed by atoms with Crippen molar-refractivity contribution < 1.29 is 18.0 Å². The van der Waals surface area contributed by atoms with Gasteiger partial charge in [-0.15, -0.1) is 0 Å². The Morgan fingerprint density at radius 2 is 1.87 bits per heavy atom. The smallest absolute Gasteiger partial charge is 0.315 e. The number of benzene rings is 1. The molecule has 0 spiro atoms. The number of carbonyl (C=O) groups is 2. The molecule has 2 rings (SSSR count). The third kappa shape index (κ3) is 6.07. The first-order chi connectivity index (χ1) is 10.8. The first-order valence-electron chi connectivity index (χ1n) is 7.10. The molecule has 23 heavy (non-hydrogen) atoms. The van der Waals surface area contributed by atoms with E-state index in [0.29, 0.717) is 18.0 Å². The monoisotopic (exact) mass is 359 g/mol. The summed E-state index contributed by atoms with van der Waals surface area (Å²) in [4.78, 5) is 23.3. The molecule has 1 fully saturated rings. The Morgan fingerprint density at radius 1 is 1.17 bits per heavy atom. The summed E-state index contributed by atoms with van der Waals surface area (Å²) in [7, 11) is -3.05. The lowest BCUT2D eigenvalue weighted by molar-refractivity contribution is -0.120. The van der Waals surface area contributed by atoms with E-state index < -0.39 is 21.9 Å². The zero-order valence-corrected chi connectivity index (χ0v) is 13.9. The molecule has 9 heteroatoms. The summed E-state index contributed by atoms with van der Waals surface area (Å²) < 4.78 is 22.6. The summed E-state index contributed by atoms with van der Waals surface area (Å²) in [6, 6.07) is 6.10. The second kappa shape index (κ2) is 7.65. The summed E-state index contributed by atoms with van der Waals surface area (Å²) in [5, 5.41) is 8.23. The van der Waals surface area contributed by atoms with Crippen LogP contribution in [0.1, 0.15) is 12.0 Å². The number of urea groups is 1. The van der Waals surface area contributed by atoms with Crippen LogP contribution in [-0.4, -0.2) is 44.4 Å². The highest BCUT2D eigenvalue weighted by atomic mass is 35.5. The normalized spacial score (nSPS) is 19.1. The quantitative estimate of drug-likeness (QED) is 0.709. The van der Waals surface area contributed by atoms with Crippen LogP contribution in [0.15, 0.2) is 24.3 Å². The molecule has 126 valence electrons. The van der Waals surface area contributed by atoms with E-state index in [1.54, 1.807) is 24.3 Å². The van der Waals surface area contributed by atoms with Gasteiger partial charge in [0, 0.05) is 17.6 Å². The number of sulfone groups is 1. The lowest BCUT2D eigenvalue weighted by atomic mass is 10.2. The van der Waals surface area contributed by atoms with Crippen molar-refractivity contribution in [1.29, 1.82) is 0 Å². The van der Waals surface area contributed by atoms with E-state index in [4.69, 9.17) is 11.6 Å². The van der Waals surface area contributed by atoms with Crippen LogP contribution in [-0.2, 0) is 21.2 Å². The summed E-state index contributed by atoms with van der Waals surface area (Å²) in [6.45, 7) is 0.152. The number of hydrogen-bond donors (Lipinski definition) is 3. The molecular weight excluding hydrogens is 342 g/mol. The summed E-state index contributed by atoms with van der Waals surface area (Å²) in [5.41, 5.74) is 0.892. The summed E-state index contributed by atoms with van der Waals surface area (Å²) in [5.74, 6) is -0.308. The SMILES string of the molecule is O=C(CNC(=O)N[C@@H]1CCS(=O)(=O)C1)NCc1ccc(Cl)cc1. The van der Waals surface area contributed by atoms with Gasteiger partial charge in [0.25, 0.3) is 0 Å². The zero-order valence-electron chi connectivity index (χ0n) is 12.3. The zero-order chi connectivity index (χ0) is 16.9. The number of halogens is 1. The third-order valence-electron chi connectivity index (χ3n) is 3.38. The number of hydrogen-bond acceptors (Lipinski definition) is 4. The molecule has 0 aromatic heterocycles. The van der Waals surface area contributed by atoms with Crippen molar-refractivity contribution in [3.05, 3.63) is 34.9 Å². The van der Waals surface area contributed by atoms with Crippen molar-refractivity contribution in [3.8, 4) is 0 Å². The fourth-order valence-corrected chi connectivity index (χ4v) is 3.97. The van der Waals surface area contributed by atoms with Gasteiger partial charge >= 0.3 is 6.03 Å². The van der Waals surface area contributed by atoms with Gasteiger partial charge in [-0.2, -0.15) is 0 Å². The Kier molecular flexibility index (Phi) is 5.84. The molecule has 1 heterocycles. The molecule has 0 radical (unpaired) electrons. The highest BCUT2D eigenvalue weighted by molar-refractivity contribution is 7.91. The van der Waals surface area contributed by atoms with Gasteiger partial charge in [0.1, 0.15) is 0 Å². The van der Waals surface area contributed by atoms with Crippen LogP contribution in [0.25, 0.3) is 0 Å². The molecule has 1 aliphatic heterocycles. The Hall–Kier alpha value is -1.80. The van der Waals surface area contributed by atoms with Crippen molar-refractivity contribution in [2.24, 2.45) is 0 Å². The van der Waals surface area contributed by atoms with Crippen molar-refractivity contribution in [2.45, 2.75) is 19.0 Å². The first kappa shape index (κ1) is 17.6. The molecule has 7 nitrogen and oxygen atoms in total. The predicted molar refractivity (Wildman–Crippen MR) is 86.9 cm³/mol. The molecule has 1 aliphatic rings. The maximum absolute atomic E-state index is 11.7. The lowest BCUT2D eigenvalue weighted by Gasteiger charge is -2.12. The fraction of sp³-hybridized carbons (Fsp3) is 0.429. The molecule has 1 aromatic carbocycles. The molecule has 3 amide bonds. The van der Waals surface area contributed by atoms with E-state index in [-0.39, 0.29) is 24.0 Å². The molecule has 1 saturated heterocycles. The predicted octanol–water partition coefficient (Wildman–Crippen LogP) is 0.443. The lowest BCUT2D eigenvalue weighted by Crippen LogP contribution is -2.46. The summed E-state index contributed by atoms with van der Waals surface area (Å²) >= 11 is 5.77. The van der Waals surface area contributed by atoms with Gasteiger partial charge < -0.3 is 16.0 Å². The number of rotatable bonds is 5. The van der Waals surface area contributed by atoms with Gasteiger partial charge in [-0.3, -0.25) is 4.79 Å². The van der Waals surface area contributed by atoms with Gasteiger partial charge in [-0.05, 0) is 24.1 Å². The topological polar surface area (TPSA) is 104 Å².